The number of morpholine rings is 1. The molecule has 0 unspecified atom stereocenters. The molecule has 4 aliphatic rings. The van der Waals surface area contributed by atoms with Crippen LogP contribution < -0.4 is 15.0 Å². The molecule has 0 aliphatic carbocycles. The van der Waals surface area contributed by atoms with Crippen molar-refractivity contribution in [2.45, 2.75) is 18.6 Å². The molecule has 33 heavy (non-hydrogen) atoms. The van der Waals surface area contributed by atoms with E-state index in [4.69, 9.17) is 9.47 Å². The van der Waals surface area contributed by atoms with Crippen LogP contribution in [0.5, 0.6) is 5.75 Å². The number of pyridine rings is 1. The Morgan fingerprint density at radius 3 is 2.76 bits per heavy atom. The second kappa shape index (κ2) is 8.35. The van der Waals surface area contributed by atoms with Crippen molar-refractivity contribution < 1.29 is 14.3 Å². The average molecular weight is 448 g/mol. The molecule has 0 radical (unpaired) electrons. The number of aromatic nitrogens is 1. The van der Waals surface area contributed by atoms with Crippen LogP contribution in [0.25, 0.3) is 0 Å². The Bertz CT molecular complexity index is 1070. The lowest BCUT2D eigenvalue weighted by molar-refractivity contribution is -0.134. The fourth-order valence-electron chi connectivity index (χ4n) is 5.15. The molecule has 0 spiro atoms. The van der Waals surface area contributed by atoms with E-state index < -0.39 is 0 Å². The molecular weight excluding hydrogens is 418 g/mol. The highest BCUT2D eigenvalue weighted by molar-refractivity contribution is 5.87. The topological polar surface area (TPSA) is 70.2 Å². The normalized spacial score (nSPS) is 21.0. The number of anilines is 3. The Kier molecular flexibility index (Phi) is 5.19. The summed E-state index contributed by atoms with van der Waals surface area (Å²) in [6.07, 6.45) is 3.27. The van der Waals surface area contributed by atoms with Crippen LogP contribution in [0.4, 0.5) is 17.2 Å². The molecule has 8 heteroatoms. The van der Waals surface area contributed by atoms with E-state index in [0.717, 1.165) is 75.3 Å². The summed E-state index contributed by atoms with van der Waals surface area (Å²) in [5, 5.41) is 3.55. The highest BCUT2D eigenvalue weighted by atomic mass is 16.5. The minimum Gasteiger partial charge on any atom is -0.487 e. The van der Waals surface area contributed by atoms with Gasteiger partial charge < -0.3 is 24.6 Å². The van der Waals surface area contributed by atoms with Crippen LogP contribution in [-0.4, -0.2) is 79.2 Å². The minimum absolute atomic E-state index is 0.0332. The van der Waals surface area contributed by atoms with Gasteiger partial charge in [0.15, 0.2) is 0 Å². The summed E-state index contributed by atoms with van der Waals surface area (Å²) >= 11 is 0. The van der Waals surface area contributed by atoms with Crippen molar-refractivity contribution in [2.24, 2.45) is 0 Å². The molecule has 6 rings (SSSR count). The summed E-state index contributed by atoms with van der Waals surface area (Å²) in [5.74, 6) is 2.26. The number of hydrogen-bond acceptors (Lipinski definition) is 7. The molecular formula is C25H29N5O3. The summed E-state index contributed by atoms with van der Waals surface area (Å²) in [7, 11) is 0. The van der Waals surface area contributed by atoms with E-state index in [-0.39, 0.29) is 5.91 Å². The summed E-state index contributed by atoms with van der Waals surface area (Å²) < 4.78 is 11.7. The lowest BCUT2D eigenvalue weighted by atomic mass is 9.88. The Morgan fingerprint density at radius 2 is 1.97 bits per heavy atom. The highest BCUT2D eigenvalue weighted by Crippen LogP contribution is 2.40. The molecule has 1 aromatic carbocycles. The quantitative estimate of drug-likeness (QED) is 0.722. The third kappa shape index (κ3) is 3.73. The standard InChI is InChI=1S/C25H29N5O3/c1-2-24(31)30-14-19(15-30)29-12-18(13-29)17-3-4-23-21(11-17)27-25-20(16-33-23)22(5-6-26-25)28-7-9-32-10-8-28/h2-6,11,18-19H,1,7-10,12-16H2,(H,26,27). The van der Waals surface area contributed by atoms with Gasteiger partial charge in [0.1, 0.15) is 18.2 Å². The van der Waals surface area contributed by atoms with Crippen LogP contribution >= 0.6 is 0 Å². The van der Waals surface area contributed by atoms with Crippen molar-refractivity contribution in [2.75, 3.05) is 62.7 Å². The first-order valence-corrected chi connectivity index (χ1v) is 11.7. The van der Waals surface area contributed by atoms with Gasteiger partial charge in [0.05, 0.1) is 24.5 Å². The molecule has 1 N–H and O–H groups in total. The number of carbonyl (C=O) groups excluding carboxylic acids is 1. The molecule has 1 amide bonds. The number of amides is 1. The van der Waals surface area contributed by atoms with Crippen molar-refractivity contribution in [1.29, 1.82) is 0 Å². The second-order valence-electron chi connectivity index (χ2n) is 9.18. The molecule has 3 fully saturated rings. The van der Waals surface area contributed by atoms with E-state index in [1.54, 1.807) is 0 Å². The van der Waals surface area contributed by atoms with Gasteiger partial charge in [-0.25, -0.2) is 4.98 Å². The molecule has 3 saturated heterocycles. The van der Waals surface area contributed by atoms with Gasteiger partial charge in [0, 0.05) is 63.1 Å². The number of benzene rings is 1. The summed E-state index contributed by atoms with van der Waals surface area (Å²) in [5.41, 5.74) is 4.55. The SMILES string of the molecule is C=CC(=O)N1CC(N2CC(c3ccc4c(c3)Nc3nccc(N5CCOCC5)c3CO4)C2)C1. The van der Waals surface area contributed by atoms with E-state index in [0.29, 0.717) is 18.6 Å². The van der Waals surface area contributed by atoms with Crippen LogP contribution in [-0.2, 0) is 16.1 Å². The van der Waals surface area contributed by atoms with Gasteiger partial charge in [0.25, 0.3) is 0 Å². The van der Waals surface area contributed by atoms with Gasteiger partial charge >= 0.3 is 0 Å². The van der Waals surface area contributed by atoms with Crippen molar-refractivity contribution >= 4 is 23.1 Å². The maximum absolute atomic E-state index is 11.7. The molecule has 0 saturated carbocycles. The summed E-state index contributed by atoms with van der Waals surface area (Å²) in [6, 6.07) is 9.02. The fraction of sp³-hybridized carbons (Fsp3) is 0.440. The lowest BCUT2D eigenvalue weighted by Crippen LogP contribution is -2.65. The zero-order chi connectivity index (χ0) is 22.4. The van der Waals surface area contributed by atoms with Gasteiger partial charge in [-0.1, -0.05) is 12.6 Å². The Labute approximate surface area is 193 Å². The first-order chi connectivity index (χ1) is 16.2. The molecule has 8 nitrogen and oxygen atoms in total. The number of fused-ring (bicyclic) bond motifs is 2. The van der Waals surface area contributed by atoms with Gasteiger partial charge in [-0.2, -0.15) is 0 Å². The summed E-state index contributed by atoms with van der Waals surface area (Å²) in [6.45, 7) is 11.0. The highest BCUT2D eigenvalue weighted by Gasteiger charge is 2.40. The third-order valence-corrected chi connectivity index (χ3v) is 7.26. The Morgan fingerprint density at radius 1 is 1.15 bits per heavy atom. The third-order valence-electron chi connectivity index (χ3n) is 7.26. The maximum atomic E-state index is 11.7. The number of rotatable bonds is 4. The Hall–Kier alpha value is -3.10. The van der Waals surface area contributed by atoms with Crippen molar-refractivity contribution in [3.8, 4) is 5.75 Å². The van der Waals surface area contributed by atoms with E-state index in [2.05, 4.69) is 50.9 Å². The number of likely N-dealkylation sites (tertiary alicyclic amines) is 2. The molecule has 0 atom stereocenters. The molecule has 172 valence electrons. The molecule has 0 bridgehead atoms. The zero-order valence-electron chi connectivity index (χ0n) is 18.7. The van der Waals surface area contributed by atoms with Crippen molar-refractivity contribution in [3.05, 3.63) is 54.2 Å². The molecule has 5 heterocycles. The predicted molar refractivity (Wildman–Crippen MR) is 126 cm³/mol. The van der Waals surface area contributed by atoms with Gasteiger partial charge in [-0.15, -0.1) is 0 Å². The Balaban J connectivity index is 1.14. The number of nitrogens with zero attached hydrogens (tertiary/aromatic N) is 4. The number of carbonyl (C=O) groups is 1. The first-order valence-electron chi connectivity index (χ1n) is 11.7. The lowest BCUT2D eigenvalue weighted by Gasteiger charge is -2.51. The number of hydrogen-bond donors (Lipinski definition) is 1. The first kappa shape index (κ1) is 20.5. The molecule has 4 aliphatic heterocycles. The van der Waals surface area contributed by atoms with E-state index in [1.807, 2.05) is 11.1 Å². The van der Waals surface area contributed by atoms with Crippen molar-refractivity contribution in [3.63, 3.8) is 0 Å². The largest absolute Gasteiger partial charge is 0.487 e. The monoisotopic (exact) mass is 447 g/mol. The number of ether oxygens (including phenoxy) is 2. The van der Waals surface area contributed by atoms with Gasteiger partial charge in [0.2, 0.25) is 5.91 Å². The van der Waals surface area contributed by atoms with Crippen LogP contribution in [0.3, 0.4) is 0 Å². The van der Waals surface area contributed by atoms with Crippen LogP contribution in [0.1, 0.15) is 17.0 Å². The van der Waals surface area contributed by atoms with E-state index >= 15 is 0 Å². The zero-order valence-corrected chi connectivity index (χ0v) is 18.7. The van der Waals surface area contributed by atoms with E-state index in [1.165, 1.54) is 17.3 Å². The fourth-order valence-corrected chi connectivity index (χ4v) is 5.15. The minimum atomic E-state index is 0.0332. The van der Waals surface area contributed by atoms with Crippen LogP contribution in [0.2, 0.25) is 0 Å². The molecule has 1 aromatic heterocycles. The smallest absolute Gasteiger partial charge is 0.246 e. The predicted octanol–water partition coefficient (Wildman–Crippen LogP) is 2.35. The average Bonchev–Trinajstić information content (AvgIpc) is 2.98. The van der Waals surface area contributed by atoms with Crippen LogP contribution in [0.15, 0.2) is 43.1 Å². The second-order valence-corrected chi connectivity index (χ2v) is 9.18. The van der Waals surface area contributed by atoms with Gasteiger partial charge in [-0.3, -0.25) is 9.69 Å². The molecule has 2 aromatic rings. The maximum Gasteiger partial charge on any atom is 0.246 e. The van der Waals surface area contributed by atoms with Crippen LogP contribution in [0, 0.1) is 0 Å². The number of nitrogens with one attached hydrogen (secondary N) is 1. The van der Waals surface area contributed by atoms with E-state index in [9.17, 15) is 4.79 Å². The van der Waals surface area contributed by atoms with Gasteiger partial charge in [-0.05, 0) is 29.8 Å². The van der Waals surface area contributed by atoms with Crippen molar-refractivity contribution in [1.82, 2.24) is 14.8 Å². The summed E-state index contributed by atoms with van der Waals surface area (Å²) in [4.78, 5) is 23.0.